The van der Waals surface area contributed by atoms with Gasteiger partial charge in [0, 0.05) is 37.9 Å². The van der Waals surface area contributed by atoms with Crippen LogP contribution in [0, 0.1) is 0 Å². The maximum absolute atomic E-state index is 12.4. The number of rotatable bonds is 7. The average molecular weight is 419 g/mol. The molecule has 0 saturated heterocycles. The van der Waals surface area contributed by atoms with Crippen LogP contribution in [0.15, 0.2) is 53.4 Å². The molecule has 0 fully saturated rings. The van der Waals surface area contributed by atoms with E-state index in [0.29, 0.717) is 17.8 Å². The van der Waals surface area contributed by atoms with Gasteiger partial charge in [-0.25, -0.2) is 17.5 Å². The Hall–Kier alpha value is -2.91. The molecule has 0 aliphatic carbocycles. The van der Waals surface area contributed by atoms with E-state index in [0.717, 1.165) is 9.87 Å². The highest BCUT2D eigenvalue weighted by atomic mass is 32.2. The number of sulfonamides is 1. The van der Waals surface area contributed by atoms with Gasteiger partial charge in [-0.05, 0) is 55.8 Å². The van der Waals surface area contributed by atoms with E-state index in [1.165, 1.54) is 26.2 Å². The molecule has 0 aromatic heterocycles. The van der Waals surface area contributed by atoms with Gasteiger partial charge in [0.05, 0.1) is 4.90 Å². The fourth-order valence-electron chi connectivity index (χ4n) is 2.39. The Labute approximate surface area is 171 Å². The van der Waals surface area contributed by atoms with Crippen molar-refractivity contribution in [3.63, 3.8) is 0 Å². The minimum Gasteiger partial charge on any atom is -0.336 e. The second-order valence-corrected chi connectivity index (χ2v) is 9.10. The lowest BCUT2D eigenvalue weighted by molar-refractivity contribution is 0.102. The summed E-state index contributed by atoms with van der Waals surface area (Å²) in [6.45, 7) is 4.10. The third-order valence-corrected chi connectivity index (χ3v) is 5.81. The van der Waals surface area contributed by atoms with Crippen molar-refractivity contribution in [2.24, 2.45) is 0 Å². The standard InChI is InChI=1S/C20H26N4O4S/c1-14(2)22-20(26)21-13-15-5-7-16(8-6-15)19(25)23-17-9-11-18(12-10-17)29(27,28)24(3)4/h5-12,14H,13H2,1-4H3,(H,23,25)(H2,21,22,26). The van der Waals surface area contributed by atoms with Crippen molar-refractivity contribution >= 4 is 27.6 Å². The van der Waals surface area contributed by atoms with Gasteiger partial charge in [0.1, 0.15) is 0 Å². The zero-order valence-electron chi connectivity index (χ0n) is 16.9. The number of nitrogens with zero attached hydrogens (tertiary/aromatic N) is 1. The molecule has 0 atom stereocenters. The van der Waals surface area contributed by atoms with Gasteiger partial charge in [-0.3, -0.25) is 4.79 Å². The van der Waals surface area contributed by atoms with Crippen LogP contribution in [0.3, 0.4) is 0 Å². The van der Waals surface area contributed by atoms with Crippen LogP contribution in [0.2, 0.25) is 0 Å². The molecule has 9 heteroatoms. The van der Waals surface area contributed by atoms with E-state index in [4.69, 9.17) is 0 Å². The lowest BCUT2D eigenvalue weighted by atomic mass is 10.1. The van der Waals surface area contributed by atoms with Gasteiger partial charge in [0.25, 0.3) is 5.91 Å². The normalized spacial score (nSPS) is 11.4. The average Bonchev–Trinajstić information content (AvgIpc) is 2.66. The van der Waals surface area contributed by atoms with Crippen LogP contribution in [-0.2, 0) is 16.6 Å². The van der Waals surface area contributed by atoms with Crippen molar-refractivity contribution in [3.05, 3.63) is 59.7 Å². The van der Waals surface area contributed by atoms with Crippen LogP contribution in [0.5, 0.6) is 0 Å². The first-order valence-corrected chi connectivity index (χ1v) is 10.5. The number of urea groups is 1. The molecule has 0 aliphatic heterocycles. The van der Waals surface area contributed by atoms with Crippen molar-refractivity contribution in [3.8, 4) is 0 Å². The third kappa shape index (κ3) is 6.30. The van der Waals surface area contributed by atoms with Gasteiger partial charge >= 0.3 is 6.03 Å². The van der Waals surface area contributed by atoms with Crippen LogP contribution >= 0.6 is 0 Å². The Bertz CT molecular complexity index is 953. The molecule has 0 unspecified atom stereocenters. The fraction of sp³-hybridized carbons (Fsp3) is 0.300. The number of carbonyl (C=O) groups is 2. The number of hydrogen-bond donors (Lipinski definition) is 3. The van der Waals surface area contributed by atoms with E-state index in [9.17, 15) is 18.0 Å². The quantitative estimate of drug-likeness (QED) is 0.642. The van der Waals surface area contributed by atoms with Crippen LogP contribution in [0.25, 0.3) is 0 Å². The topological polar surface area (TPSA) is 108 Å². The van der Waals surface area contributed by atoms with Crippen LogP contribution in [0.4, 0.5) is 10.5 Å². The molecule has 156 valence electrons. The molecule has 0 radical (unpaired) electrons. The van der Waals surface area contributed by atoms with Gasteiger partial charge in [0.2, 0.25) is 10.0 Å². The predicted octanol–water partition coefficient (Wildman–Crippen LogP) is 2.40. The van der Waals surface area contributed by atoms with Crippen molar-refractivity contribution in [1.82, 2.24) is 14.9 Å². The first-order chi connectivity index (χ1) is 13.6. The Morgan fingerprint density at radius 3 is 2.07 bits per heavy atom. The lowest BCUT2D eigenvalue weighted by Gasteiger charge is -2.12. The molecular weight excluding hydrogens is 392 g/mol. The minimum absolute atomic E-state index is 0.0538. The number of benzene rings is 2. The second kappa shape index (κ2) is 9.53. The highest BCUT2D eigenvalue weighted by Crippen LogP contribution is 2.17. The zero-order valence-corrected chi connectivity index (χ0v) is 17.7. The fourth-order valence-corrected chi connectivity index (χ4v) is 3.30. The van der Waals surface area contributed by atoms with Crippen LogP contribution in [0.1, 0.15) is 29.8 Å². The summed E-state index contributed by atoms with van der Waals surface area (Å²) in [4.78, 5) is 24.1. The van der Waals surface area contributed by atoms with E-state index in [1.807, 2.05) is 13.8 Å². The summed E-state index contributed by atoms with van der Waals surface area (Å²) in [6, 6.07) is 12.6. The highest BCUT2D eigenvalue weighted by molar-refractivity contribution is 7.89. The summed E-state index contributed by atoms with van der Waals surface area (Å²) in [7, 11) is -0.593. The molecule has 3 N–H and O–H groups in total. The molecule has 2 aromatic rings. The maximum Gasteiger partial charge on any atom is 0.315 e. The molecule has 0 saturated carbocycles. The van der Waals surface area contributed by atoms with Crippen molar-refractivity contribution in [2.75, 3.05) is 19.4 Å². The Kier molecular flexibility index (Phi) is 7.35. The summed E-state index contributed by atoms with van der Waals surface area (Å²) in [5.74, 6) is -0.315. The Balaban J connectivity index is 1.96. The molecule has 29 heavy (non-hydrogen) atoms. The summed E-state index contributed by atoms with van der Waals surface area (Å²) in [6.07, 6.45) is 0. The molecule has 3 amide bonds. The number of amides is 3. The predicted molar refractivity (Wildman–Crippen MR) is 112 cm³/mol. The summed E-state index contributed by atoms with van der Waals surface area (Å²) in [5, 5.41) is 8.21. The highest BCUT2D eigenvalue weighted by Gasteiger charge is 2.17. The van der Waals surface area contributed by atoms with E-state index >= 15 is 0 Å². The molecule has 0 aliphatic rings. The van der Waals surface area contributed by atoms with E-state index in [-0.39, 0.29) is 22.9 Å². The molecule has 8 nitrogen and oxygen atoms in total. The lowest BCUT2D eigenvalue weighted by Crippen LogP contribution is -2.39. The SMILES string of the molecule is CC(C)NC(=O)NCc1ccc(C(=O)Nc2ccc(S(=O)(=O)N(C)C)cc2)cc1. The number of carbonyl (C=O) groups excluding carboxylic acids is 2. The largest absolute Gasteiger partial charge is 0.336 e. The van der Waals surface area contributed by atoms with Crippen LogP contribution < -0.4 is 16.0 Å². The van der Waals surface area contributed by atoms with Crippen molar-refractivity contribution in [2.45, 2.75) is 31.3 Å². The van der Waals surface area contributed by atoms with E-state index in [1.54, 1.807) is 36.4 Å². The molecule has 0 spiro atoms. The monoisotopic (exact) mass is 418 g/mol. The zero-order chi connectivity index (χ0) is 21.6. The Morgan fingerprint density at radius 1 is 0.966 bits per heavy atom. The summed E-state index contributed by atoms with van der Waals surface area (Å²) >= 11 is 0. The minimum atomic E-state index is -3.51. The summed E-state index contributed by atoms with van der Waals surface area (Å²) < 4.78 is 25.3. The molecule has 0 heterocycles. The maximum atomic E-state index is 12.4. The first-order valence-electron chi connectivity index (χ1n) is 9.07. The van der Waals surface area contributed by atoms with Crippen molar-refractivity contribution in [1.29, 1.82) is 0 Å². The first kappa shape index (κ1) is 22.4. The van der Waals surface area contributed by atoms with Crippen molar-refractivity contribution < 1.29 is 18.0 Å². The number of nitrogens with one attached hydrogen (secondary N) is 3. The van der Waals surface area contributed by atoms with E-state index < -0.39 is 10.0 Å². The number of anilines is 1. The van der Waals surface area contributed by atoms with Gasteiger partial charge in [-0.15, -0.1) is 0 Å². The van der Waals surface area contributed by atoms with Crippen LogP contribution in [-0.4, -0.2) is 44.8 Å². The second-order valence-electron chi connectivity index (χ2n) is 6.94. The van der Waals surface area contributed by atoms with Gasteiger partial charge < -0.3 is 16.0 Å². The van der Waals surface area contributed by atoms with Gasteiger partial charge in [-0.1, -0.05) is 12.1 Å². The summed E-state index contributed by atoms with van der Waals surface area (Å²) in [5.41, 5.74) is 1.80. The van der Waals surface area contributed by atoms with Gasteiger partial charge in [-0.2, -0.15) is 0 Å². The molecule has 2 aromatic carbocycles. The number of hydrogen-bond acceptors (Lipinski definition) is 4. The molecular formula is C20H26N4O4S. The third-order valence-electron chi connectivity index (χ3n) is 3.98. The van der Waals surface area contributed by atoms with E-state index in [2.05, 4.69) is 16.0 Å². The smallest absolute Gasteiger partial charge is 0.315 e. The molecule has 2 rings (SSSR count). The Morgan fingerprint density at radius 2 is 1.55 bits per heavy atom. The molecule has 0 bridgehead atoms. The van der Waals surface area contributed by atoms with Gasteiger partial charge in [0.15, 0.2) is 0 Å².